The number of hydrazine groups is 1. The number of nitrogens with two attached hydrogens (primary N) is 1. The molecule has 1 aromatic heterocycles. The minimum absolute atomic E-state index is 0.0516. The summed E-state index contributed by atoms with van der Waals surface area (Å²) in [5.41, 5.74) is 4.99. The molecular weight excluding hydrogens is 300 g/mol. The minimum Gasteiger partial charge on any atom is -0.496 e. The Morgan fingerprint density at radius 2 is 2.24 bits per heavy atom. The highest BCUT2D eigenvalue weighted by Crippen LogP contribution is 2.32. The first kappa shape index (κ1) is 12.6. The molecule has 0 spiro atoms. The van der Waals surface area contributed by atoms with E-state index in [9.17, 15) is 0 Å². The van der Waals surface area contributed by atoms with Crippen molar-refractivity contribution >= 4 is 27.3 Å². The monoisotopic (exact) mass is 312 g/mol. The van der Waals surface area contributed by atoms with Gasteiger partial charge in [0, 0.05) is 10.0 Å². The van der Waals surface area contributed by atoms with E-state index in [1.165, 1.54) is 0 Å². The highest BCUT2D eigenvalue weighted by Gasteiger charge is 2.17. The molecule has 17 heavy (non-hydrogen) atoms. The number of benzene rings is 1. The van der Waals surface area contributed by atoms with Crippen LogP contribution in [0.25, 0.3) is 0 Å². The Morgan fingerprint density at radius 3 is 2.82 bits per heavy atom. The molecule has 0 bridgehead atoms. The van der Waals surface area contributed by atoms with E-state index in [4.69, 9.17) is 10.6 Å². The zero-order chi connectivity index (χ0) is 12.3. The molecule has 0 saturated heterocycles. The summed E-state index contributed by atoms with van der Waals surface area (Å²) in [5.74, 6) is 6.46. The Hall–Kier alpha value is -0.880. The van der Waals surface area contributed by atoms with Gasteiger partial charge in [-0.3, -0.25) is 5.84 Å². The summed E-state index contributed by atoms with van der Waals surface area (Å²) in [6.45, 7) is 0. The van der Waals surface area contributed by atoms with Crippen LogP contribution in [0.1, 0.15) is 17.2 Å². The van der Waals surface area contributed by atoms with Gasteiger partial charge in [-0.05, 0) is 34.5 Å². The molecule has 0 aliphatic heterocycles. The van der Waals surface area contributed by atoms with Crippen molar-refractivity contribution in [3.63, 3.8) is 0 Å². The van der Waals surface area contributed by atoms with Crippen LogP contribution in [0, 0.1) is 0 Å². The van der Waals surface area contributed by atoms with E-state index in [1.807, 2.05) is 23.6 Å². The molecule has 1 aromatic carbocycles. The topological polar surface area (TPSA) is 47.3 Å². The molecule has 1 atom stereocenters. The number of rotatable bonds is 4. The molecule has 0 aliphatic rings. The lowest BCUT2D eigenvalue weighted by Crippen LogP contribution is -2.28. The van der Waals surface area contributed by atoms with Gasteiger partial charge in [-0.15, -0.1) is 0 Å². The van der Waals surface area contributed by atoms with E-state index >= 15 is 0 Å². The van der Waals surface area contributed by atoms with Gasteiger partial charge in [0.05, 0.1) is 13.2 Å². The third kappa shape index (κ3) is 2.69. The van der Waals surface area contributed by atoms with Crippen molar-refractivity contribution in [2.45, 2.75) is 6.04 Å². The molecule has 90 valence electrons. The maximum absolute atomic E-state index is 5.65. The highest BCUT2D eigenvalue weighted by atomic mass is 79.9. The number of thiophene rings is 1. The van der Waals surface area contributed by atoms with Gasteiger partial charge in [0.1, 0.15) is 5.75 Å². The van der Waals surface area contributed by atoms with Crippen LogP contribution in [0.15, 0.2) is 39.5 Å². The number of halogens is 1. The van der Waals surface area contributed by atoms with Crippen molar-refractivity contribution in [2.24, 2.45) is 5.84 Å². The van der Waals surface area contributed by atoms with Crippen LogP contribution in [0.2, 0.25) is 0 Å². The van der Waals surface area contributed by atoms with Gasteiger partial charge in [-0.25, -0.2) is 5.43 Å². The second-order valence-electron chi connectivity index (χ2n) is 3.54. The average molecular weight is 313 g/mol. The summed E-state index contributed by atoms with van der Waals surface area (Å²) in [5, 5.41) is 4.11. The van der Waals surface area contributed by atoms with Gasteiger partial charge < -0.3 is 4.74 Å². The predicted molar refractivity (Wildman–Crippen MR) is 74.2 cm³/mol. The number of hydrogen-bond donors (Lipinski definition) is 2. The van der Waals surface area contributed by atoms with Gasteiger partial charge in [0.15, 0.2) is 0 Å². The fourth-order valence-corrected chi connectivity index (χ4v) is 2.75. The first-order chi connectivity index (χ1) is 8.26. The number of methoxy groups -OCH3 is 1. The number of ether oxygens (including phenoxy) is 1. The zero-order valence-corrected chi connectivity index (χ0v) is 11.7. The van der Waals surface area contributed by atoms with Gasteiger partial charge in [-0.1, -0.05) is 22.0 Å². The molecule has 3 nitrogen and oxygen atoms in total. The Kier molecular flexibility index (Phi) is 4.17. The Labute approximate surface area is 113 Å². The van der Waals surface area contributed by atoms with Crippen LogP contribution >= 0.6 is 27.3 Å². The van der Waals surface area contributed by atoms with Crippen molar-refractivity contribution < 1.29 is 4.74 Å². The molecule has 1 unspecified atom stereocenters. The van der Waals surface area contributed by atoms with Crippen molar-refractivity contribution in [2.75, 3.05) is 7.11 Å². The summed E-state index contributed by atoms with van der Waals surface area (Å²) < 4.78 is 6.37. The molecule has 2 aromatic rings. The molecule has 3 N–H and O–H groups in total. The summed E-state index contributed by atoms with van der Waals surface area (Å²) in [6.07, 6.45) is 0. The zero-order valence-electron chi connectivity index (χ0n) is 9.31. The Bertz CT molecular complexity index is 487. The van der Waals surface area contributed by atoms with Crippen molar-refractivity contribution in [3.8, 4) is 5.75 Å². The first-order valence-electron chi connectivity index (χ1n) is 5.08. The molecular formula is C12H13BrN2OS. The third-order valence-electron chi connectivity index (χ3n) is 2.55. The summed E-state index contributed by atoms with van der Waals surface area (Å²) >= 11 is 5.08. The van der Waals surface area contributed by atoms with Crippen molar-refractivity contribution in [1.82, 2.24) is 5.43 Å². The molecule has 0 radical (unpaired) electrons. The summed E-state index contributed by atoms with van der Waals surface area (Å²) in [6, 6.07) is 7.92. The van der Waals surface area contributed by atoms with Crippen molar-refractivity contribution in [1.29, 1.82) is 0 Å². The van der Waals surface area contributed by atoms with Crippen LogP contribution < -0.4 is 16.0 Å². The van der Waals surface area contributed by atoms with Crippen LogP contribution in [0.5, 0.6) is 5.75 Å². The van der Waals surface area contributed by atoms with Crippen molar-refractivity contribution in [3.05, 3.63) is 50.6 Å². The van der Waals surface area contributed by atoms with E-state index in [0.29, 0.717) is 0 Å². The third-order valence-corrected chi connectivity index (χ3v) is 3.74. The molecule has 0 fully saturated rings. The fourth-order valence-electron chi connectivity index (χ4n) is 1.73. The lowest BCUT2D eigenvalue weighted by Gasteiger charge is -2.18. The largest absolute Gasteiger partial charge is 0.496 e. The van der Waals surface area contributed by atoms with E-state index in [1.54, 1.807) is 18.4 Å². The highest BCUT2D eigenvalue weighted by molar-refractivity contribution is 9.10. The van der Waals surface area contributed by atoms with Gasteiger partial charge in [0.25, 0.3) is 0 Å². The summed E-state index contributed by atoms with van der Waals surface area (Å²) in [7, 11) is 1.66. The molecule has 2 rings (SSSR count). The predicted octanol–water partition coefficient (Wildman–Crippen LogP) is 3.07. The fraction of sp³-hybridized carbons (Fsp3) is 0.167. The van der Waals surface area contributed by atoms with Gasteiger partial charge in [-0.2, -0.15) is 11.3 Å². The molecule has 0 amide bonds. The Balaban J connectivity index is 2.44. The van der Waals surface area contributed by atoms with Gasteiger partial charge in [0.2, 0.25) is 0 Å². The standard InChI is InChI=1S/C12H13BrN2OS/c1-16-11-6-9(13)2-3-10(11)12(15-14)8-4-5-17-7-8/h2-7,12,15H,14H2,1H3. The number of nitrogens with one attached hydrogen (secondary N) is 1. The smallest absolute Gasteiger partial charge is 0.125 e. The second kappa shape index (κ2) is 5.64. The second-order valence-corrected chi connectivity index (χ2v) is 5.24. The maximum Gasteiger partial charge on any atom is 0.125 e. The molecule has 0 saturated carbocycles. The van der Waals surface area contributed by atoms with Crippen LogP contribution in [0.4, 0.5) is 0 Å². The van der Waals surface area contributed by atoms with E-state index in [2.05, 4.69) is 32.8 Å². The lowest BCUT2D eigenvalue weighted by molar-refractivity contribution is 0.404. The molecule has 5 heteroatoms. The van der Waals surface area contributed by atoms with Crippen LogP contribution in [-0.2, 0) is 0 Å². The lowest BCUT2D eigenvalue weighted by atomic mass is 10.0. The first-order valence-corrected chi connectivity index (χ1v) is 6.81. The SMILES string of the molecule is COc1cc(Br)ccc1C(NN)c1ccsc1. The average Bonchev–Trinajstić information content (AvgIpc) is 2.85. The van der Waals surface area contributed by atoms with E-state index in [0.717, 1.165) is 21.3 Å². The molecule has 0 aliphatic carbocycles. The number of hydrogen-bond acceptors (Lipinski definition) is 4. The van der Waals surface area contributed by atoms with E-state index in [-0.39, 0.29) is 6.04 Å². The van der Waals surface area contributed by atoms with E-state index < -0.39 is 0 Å². The minimum atomic E-state index is -0.0516. The van der Waals surface area contributed by atoms with Gasteiger partial charge >= 0.3 is 0 Å². The summed E-state index contributed by atoms with van der Waals surface area (Å²) in [4.78, 5) is 0. The maximum atomic E-state index is 5.65. The Morgan fingerprint density at radius 1 is 1.41 bits per heavy atom. The normalized spacial score (nSPS) is 12.4. The van der Waals surface area contributed by atoms with Crippen LogP contribution in [0.3, 0.4) is 0 Å². The molecule has 1 heterocycles. The van der Waals surface area contributed by atoms with Crippen LogP contribution in [-0.4, -0.2) is 7.11 Å². The quantitative estimate of drug-likeness (QED) is 0.674.